The first-order valence-electron chi connectivity index (χ1n) is 11.5. The number of nitrogen functional groups attached to an aromatic ring is 1. The fraction of sp³-hybridized carbons (Fsp3) is 0.0714. The van der Waals surface area contributed by atoms with Crippen LogP contribution in [-0.4, -0.2) is 20.2 Å². The van der Waals surface area contributed by atoms with Crippen LogP contribution in [0, 0.1) is 5.41 Å². The Labute approximate surface area is 214 Å². The Kier molecular flexibility index (Phi) is 6.24. The maximum Gasteiger partial charge on any atom is 0.266 e. The molecule has 2 atom stereocenters. The summed E-state index contributed by atoms with van der Waals surface area (Å²) in [5, 5.41) is 16.2. The lowest BCUT2D eigenvalue weighted by atomic mass is 9.80. The molecule has 2 aliphatic rings. The summed E-state index contributed by atoms with van der Waals surface area (Å²) in [7, 11) is -4.01. The summed E-state index contributed by atoms with van der Waals surface area (Å²) >= 11 is 0. The molecular weight excluding hydrogens is 488 g/mol. The largest absolute Gasteiger partial charge is 0.476 e. The second kappa shape index (κ2) is 9.53. The standard InChI is InChI=1S/C28H24N4O4S/c29-27(30)19-12-7-13-20(16-19)36-25(18-10-5-2-6-11-18)28(33)32-24-22-15-14-21(17-8-3-1-4-9-17)23(24)26(22)37(31,34)35/h1-16,24-25H,(H3,29,30)(H,32,33)(H2,31,34,35). The van der Waals surface area contributed by atoms with Gasteiger partial charge in [-0.15, -0.1) is 0 Å². The lowest BCUT2D eigenvalue weighted by molar-refractivity contribution is -0.129. The number of ether oxygens (including phenoxy) is 1. The molecule has 186 valence electrons. The van der Waals surface area contributed by atoms with Crippen LogP contribution in [0.25, 0.3) is 11.1 Å². The molecule has 4 aromatic carbocycles. The number of primary sulfonamides is 1. The monoisotopic (exact) mass is 512 g/mol. The highest BCUT2D eigenvalue weighted by Gasteiger charge is 2.41. The number of nitrogens with one attached hydrogen (secondary N) is 2. The second-order valence-electron chi connectivity index (χ2n) is 8.65. The summed E-state index contributed by atoms with van der Waals surface area (Å²) in [6.45, 7) is 0. The van der Waals surface area contributed by atoms with Crippen molar-refractivity contribution in [3.63, 3.8) is 0 Å². The number of carbonyl (C=O) groups is 1. The molecule has 0 aliphatic heterocycles. The third-order valence-electron chi connectivity index (χ3n) is 6.22. The zero-order chi connectivity index (χ0) is 26.2. The average molecular weight is 513 g/mol. The van der Waals surface area contributed by atoms with Gasteiger partial charge in [0.2, 0.25) is 16.1 Å². The van der Waals surface area contributed by atoms with Gasteiger partial charge in [-0.3, -0.25) is 10.2 Å². The summed E-state index contributed by atoms with van der Waals surface area (Å²) in [4.78, 5) is 13.7. The van der Waals surface area contributed by atoms with Gasteiger partial charge in [-0.2, -0.15) is 0 Å². The third-order valence-corrected chi connectivity index (χ3v) is 7.25. The van der Waals surface area contributed by atoms with Crippen LogP contribution < -0.4 is 20.9 Å². The van der Waals surface area contributed by atoms with Gasteiger partial charge < -0.3 is 15.8 Å². The van der Waals surface area contributed by atoms with E-state index in [1.54, 1.807) is 54.6 Å². The number of hydrogen-bond donors (Lipinski definition) is 4. The number of sulfonamides is 1. The average Bonchev–Trinajstić information content (AvgIpc) is 2.90. The predicted molar refractivity (Wildman–Crippen MR) is 141 cm³/mol. The third kappa shape index (κ3) is 4.69. The Bertz CT molecular complexity index is 1610. The van der Waals surface area contributed by atoms with Gasteiger partial charge in [0.05, 0.1) is 10.9 Å². The smallest absolute Gasteiger partial charge is 0.266 e. The normalized spacial score (nSPS) is 14.8. The van der Waals surface area contributed by atoms with E-state index in [-0.39, 0.29) is 10.7 Å². The van der Waals surface area contributed by atoms with E-state index < -0.39 is 28.1 Å². The van der Waals surface area contributed by atoms with Crippen LogP contribution in [0.15, 0.2) is 102 Å². The van der Waals surface area contributed by atoms with Crippen LogP contribution >= 0.6 is 0 Å². The van der Waals surface area contributed by atoms with Gasteiger partial charge in [0.25, 0.3) is 5.91 Å². The molecule has 2 unspecified atom stereocenters. The molecule has 2 bridgehead atoms. The number of benzene rings is 4. The van der Waals surface area contributed by atoms with Crippen LogP contribution in [0.2, 0.25) is 0 Å². The summed E-state index contributed by atoms with van der Waals surface area (Å²) < 4.78 is 30.9. The molecular formula is C28H24N4O4S. The van der Waals surface area contributed by atoms with Crippen molar-refractivity contribution < 1.29 is 17.9 Å². The van der Waals surface area contributed by atoms with Crippen molar-refractivity contribution in [2.45, 2.75) is 17.0 Å². The lowest BCUT2D eigenvalue weighted by Crippen LogP contribution is -2.41. The van der Waals surface area contributed by atoms with Gasteiger partial charge in [-0.25, -0.2) is 13.6 Å². The Morgan fingerprint density at radius 3 is 2.24 bits per heavy atom. The second-order valence-corrected chi connectivity index (χ2v) is 10.1. The minimum atomic E-state index is -4.01. The summed E-state index contributed by atoms with van der Waals surface area (Å²) in [6, 6.07) is 27.7. The Hall–Kier alpha value is -4.47. The zero-order valence-corrected chi connectivity index (χ0v) is 20.4. The highest BCUT2D eigenvalue weighted by Crippen LogP contribution is 2.48. The molecule has 37 heavy (non-hydrogen) atoms. The SMILES string of the molecule is N=C(N)c1cccc(OC(C(=O)NC2C3=C(S(N)(=O)=O)C2=C(c2ccccc2)C=C3)c2ccccc2)c1. The van der Waals surface area contributed by atoms with E-state index in [1.165, 1.54) is 0 Å². The molecule has 2 aliphatic carbocycles. The summed E-state index contributed by atoms with van der Waals surface area (Å²) in [5.41, 5.74) is 9.04. The van der Waals surface area contributed by atoms with E-state index in [4.69, 9.17) is 21.0 Å². The van der Waals surface area contributed by atoms with Crippen LogP contribution in [0.3, 0.4) is 0 Å². The zero-order valence-electron chi connectivity index (χ0n) is 19.6. The topological polar surface area (TPSA) is 148 Å². The Morgan fingerprint density at radius 1 is 0.919 bits per heavy atom. The van der Waals surface area contributed by atoms with Crippen LogP contribution in [-0.2, 0) is 14.8 Å². The molecule has 0 heterocycles. The van der Waals surface area contributed by atoms with Crippen LogP contribution in [0.4, 0.5) is 0 Å². The van der Waals surface area contributed by atoms with Crippen LogP contribution in [0.5, 0.6) is 5.75 Å². The lowest BCUT2D eigenvalue weighted by Gasteiger charge is -2.36. The van der Waals surface area contributed by atoms with E-state index in [1.807, 2.05) is 42.5 Å². The van der Waals surface area contributed by atoms with Crippen molar-refractivity contribution in [1.29, 1.82) is 5.41 Å². The van der Waals surface area contributed by atoms with Gasteiger partial charge in [-0.1, -0.05) is 84.9 Å². The summed E-state index contributed by atoms with van der Waals surface area (Å²) in [6.07, 6.45) is -1.05. The van der Waals surface area contributed by atoms with E-state index in [0.29, 0.717) is 33.6 Å². The molecule has 6 N–H and O–H groups in total. The molecule has 0 radical (unpaired) electrons. The molecule has 0 fully saturated rings. The Balaban J connectivity index is 1.50. The first kappa shape index (κ1) is 24.2. The molecule has 8 nitrogen and oxygen atoms in total. The van der Waals surface area contributed by atoms with Crippen LogP contribution in [0.1, 0.15) is 34.4 Å². The number of amidine groups is 1. The van der Waals surface area contributed by atoms with Crippen molar-refractivity contribution in [3.05, 3.63) is 119 Å². The van der Waals surface area contributed by atoms with Gasteiger partial charge in [0.15, 0.2) is 0 Å². The number of carbonyl (C=O) groups excluding carboxylic acids is 1. The molecule has 9 heteroatoms. The predicted octanol–water partition coefficient (Wildman–Crippen LogP) is 3.62. The number of fused-ring (bicyclic) bond motifs is 2. The van der Waals surface area contributed by atoms with Crippen molar-refractivity contribution >= 4 is 21.8 Å². The minimum absolute atomic E-state index is 0.0329. The fourth-order valence-electron chi connectivity index (χ4n) is 4.54. The van der Waals surface area contributed by atoms with E-state index in [2.05, 4.69) is 5.32 Å². The fourth-order valence-corrected chi connectivity index (χ4v) is 5.59. The van der Waals surface area contributed by atoms with E-state index >= 15 is 0 Å². The van der Waals surface area contributed by atoms with Crippen molar-refractivity contribution in [1.82, 2.24) is 5.32 Å². The molecule has 1 amide bonds. The van der Waals surface area contributed by atoms with Gasteiger partial charge in [0.1, 0.15) is 11.6 Å². The first-order valence-corrected chi connectivity index (χ1v) is 13.0. The number of hydrogen-bond acceptors (Lipinski definition) is 5. The highest BCUT2D eigenvalue weighted by molar-refractivity contribution is 7.89. The first-order chi connectivity index (χ1) is 17.7. The highest BCUT2D eigenvalue weighted by atomic mass is 32.2. The van der Waals surface area contributed by atoms with Crippen molar-refractivity contribution in [3.8, 4) is 16.9 Å². The molecule has 0 spiro atoms. The maximum atomic E-state index is 13.6. The number of amides is 1. The molecule has 6 rings (SSSR count). The molecule has 0 saturated carbocycles. The van der Waals surface area contributed by atoms with Gasteiger partial charge in [0, 0.05) is 16.7 Å². The van der Waals surface area contributed by atoms with Crippen molar-refractivity contribution in [2.75, 3.05) is 0 Å². The quantitative estimate of drug-likeness (QED) is 0.210. The summed E-state index contributed by atoms with van der Waals surface area (Å²) in [5.74, 6) is -0.224. The van der Waals surface area contributed by atoms with E-state index in [9.17, 15) is 13.2 Å². The number of nitrogens with two attached hydrogens (primary N) is 2. The molecule has 0 saturated heterocycles. The van der Waals surface area contributed by atoms with Gasteiger partial charge >= 0.3 is 0 Å². The van der Waals surface area contributed by atoms with Crippen molar-refractivity contribution in [2.24, 2.45) is 10.9 Å². The number of rotatable bonds is 8. The minimum Gasteiger partial charge on any atom is -0.476 e. The van der Waals surface area contributed by atoms with E-state index in [0.717, 1.165) is 5.56 Å². The Morgan fingerprint density at radius 2 is 1.59 bits per heavy atom. The van der Waals surface area contributed by atoms with Gasteiger partial charge in [-0.05, 0) is 28.8 Å². The maximum absolute atomic E-state index is 13.6. The molecule has 0 aromatic heterocycles. The molecule has 4 aromatic rings.